The van der Waals surface area contributed by atoms with Crippen LogP contribution < -0.4 is 0 Å². The number of rotatable bonds is 2. The summed E-state index contributed by atoms with van der Waals surface area (Å²) in [4.78, 5) is 0. The molecule has 2 heteroatoms. The van der Waals surface area contributed by atoms with Gasteiger partial charge in [0, 0.05) is 10.8 Å². The second-order valence-corrected chi connectivity index (χ2v) is 9.57. The van der Waals surface area contributed by atoms with Crippen molar-refractivity contribution in [3.63, 3.8) is 0 Å². The number of hydrogen-bond acceptors (Lipinski definition) is 0. The second-order valence-electron chi connectivity index (χ2n) is 9.57. The van der Waals surface area contributed by atoms with Gasteiger partial charge in [-0.1, -0.05) is 41.5 Å². The minimum Gasteiger partial charge on any atom is -0.316 e. The van der Waals surface area contributed by atoms with Gasteiger partial charge < -0.3 is 8.97 Å². The van der Waals surface area contributed by atoms with Crippen molar-refractivity contribution in [1.29, 1.82) is 0 Å². The molecule has 1 heterocycles. The van der Waals surface area contributed by atoms with E-state index >= 15 is 0 Å². The maximum Gasteiger partial charge on any atom is 0.128 e. The second kappa shape index (κ2) is 4.79. The number of likely N-dealkylation sites (N-methyl/N-ethyl adjacent to an activating group) is 2. The molecule has 108 valence electrons. The van der Waals surface area contributed by atoms with Crippen molar-refractivity contribution >= 4 is 0 Å². The number of nitrogens with zero attached hydrogens (tertiary/aromatic N) is 2. The summed E-state index contributed by atoms with van der Waals surface area (Å²) in [5.41, 5.74) is 0.888. The van der Waals surface area contributed by atoms with E-state index in [2.05, 4.69) is 55.6 Å². The van der Waals surface area contributed by atoms with E-state index in [0.717, 1.165) is 0 Å². The Kier molecular flexibility index (Phi) is 4.25. The molecule has 18 heavy (non-hydrogen) atoms. The van der Waals surface area contributed by atoms with E-state index in [9.17, 15) is 0 Å². The summed E-state index contributed by atoms with van der Waals surface area (Å²) in [6.07, 6.45) is 0. The average Bonchev–Trinajstić information content (AvgIpc) is 2.05. The molecule has 0 aromatic heterocycles. The zero-order chi connectivity index (χ0) is 14.2. The molecule has 0 aliphatic carbocycles. The third kappa shape index (κ3) is 5.27. The minimum atomic E-state index is 0.444. The van der Waals surface area contributed by atoms with Gasteiger partial charge in [-0.3, -0.25) is 0 Å². The van der Waals surface area contributed by atoms with Crippen molar-refractivity contribution in [3.05, 3.63) is 0 Å². The highest BCUT2D eigenvalue weighted by Crippen LogP contribution is 2.26. The van der Waals surface area contributed by atoms with Crippen molar-refractivity contribution < 1.29 is 8.97 Å². The monoisotopic (exact) mass is 256 g/mol. The van der Waals surface area contributed by atoms with E-state index in [1.54, 1.807) is 0 Å². The lowest BCUT2D eigenvalue weighted by Crippen LogP contribution is -2.66. The molecular formula is C16H36N2+2. The van der Waals surface area contributed by atoms with Gasteiger partial charge in [-0.05, 0) is 0 Å². The van der Waals surface area contributed by atoms with Crippen molar-refractivity contribution in [2.75, 3.05) is 53.4 Å². The van der Waals surface area contributed by atoms with Crippen LogP contribution in [0, 0.1) is 10.8 Å². The Balaban J connectivity index is 2.59. The van der Waals surface area contributed by atoms with Gasteiger partial charge >= 0.3 is 0 Å². The smallest absolute Gasteiger partial charge is 0.128 e. The molecule has 1 saturated heterocycles. The predicted octanol–water partition coefficient (Wildman–Crippen LogP) is 2.99. The molecule has 1 aliphatic heterocycles. The Hall–Kier alpha value is -0.0800. The van der Waals surface area contributed by atoms with Crippen LogP contribution in [0.5, 0.6) is 0 Å². The molecular weight excluding hydrogens is 220 g/mol. The maximum absolute atomic E-state index is 2.45. The number of hydrogen-bond donors (Lipinski definition) is 0. The molecule has 0 aromatic rings. The molecule has 1 rings (SSSR count). The third-order valence-corrected chi connectivity index (χ3v) is 4.07. The van der Waals surface area contributed by atoms with Crippen LogP contribution in [0.4, 0.5) is 0 Å². The number of quaternary nitrogens is 2. The topological polar surface area (TPSA) is 0 Å². The molecule has 1 fully saturated rings. The first-order chi connectivity index (χ1) is 7.83. The summed E-state index contributed by atoms with van der Waals surface area (Å²) in [6.45, 7) is 22.2. The van der Waals surface area contributed by atoms with Gasteiger partial charge in [0.05, 0.1) is 27.2 Å². The van der Waals surface area contributed by atoms with Gasteiger partial charge in [-0.2, -0.15) is 0 Å². The summed E-state index contributed by atoms with van der Waals surface area (Å²) in [5, 5.41) is 0. The lowest BCUT2D eigenvalue weighted by atomic mass is 9.92. The van der Waals surface area contributed by atoms with Crippen LogP contribution >= 0.6 is 0 Å². The molecule has 0 aromatic carbocycles. The lowest BCUT2D eigenvalue weighted by molar-refractivity contribution is -1.02. The van der Waals surface area contributed by atoms with Crippen LogP contribution in [-0.4, -0.2) is 62.3 Å². The summed E-state index contributed by atoms with van der Waals surface area (Å²) in [7, 11) is 4.90. The zero-order valence-electron chi connectivity index (χ0n) is 14.1. The van der Waals surface area contributed by atoms with Crippen LogP contribution in [0.2, 0.25) is 0 Å². The summed E-state index contributed by atoms with van der Waals surface area (Å²) >= 11 is 0. The molecule has 0 amide bonds. The van der Waals surface area contributed by atoms with Crippen LogP contribution in [0.25, 0.3) is 0 Å². The van der Waals surface area contributed by atoms with E-state index in [1.807, 2.05) is 0 Å². The molecule has 0 N–H and O–H groups in total. The van der Waals surface area contributed by atoms with Crippen LogP contribution in [0.1, 0.15) is 41.5 Å². The molecule has 0 bridgehead atoms. The molecule has 2 nitrogen and oxygen atoms in total. The van der Waals surface area contributed by atoms with Crippen molar-refractivity contribution in [3.8, 4) is 0 Å². The van der Waals surface area contributed by atoms with Crippen LogP contribution in [0.3, 0.4) is 0 Å². The lowest BCUT2D eigenvalue weighted by Gasteiger charge is -2.49. The van der Waals surface area contributed by atoms with Gasteiger partial charge in [0.2, 0.25) is 0 Å². The predicted molar refractivity (Wildman–Crippen MR) is 80.5 cm³/mol. The molecule has 0 saturated carbocycles. The van der Waals surface area contributed by atoms with E-state index in [0.29, 0.717) is 10.8 Å². The molecule has 1 aliphatic rings. The summed E-state index contributed by atoms with van der Waals surface area (Å²) < 4.78 is 2.53. The fourth-order valence-corrected chi connectivity index (χ4v) is 3.80. The zero-order valence-corrected chi connectivity index (χ0v) is 14.1. The van der Waals surface area contributed by atoms with Gasteiger partial charge in [0.25, 0.3) is 0 Å². The fourth-order valence-electron chi connectivity index (χ4n) is 3.80. The molecule has 0 atom stereocenters. The Morgan fingerprint density at radius 1 is 0.611 bits per heavy atom. The highest BCUT2D eigenvalue weighted by atomic mass is 15.5. The van der Waals surface area contributed by atoms with Gasteiger partial charge in [-0.25, -0.2) is 0 Å². The van der Waals surface area contributed by atoms with Crippen LogP contribution in [-0.2, 0) is 0 Å². The highest BCUT2D eigenvalue weighted by molar-refractivity contribution is 4.65. The summed E-state index contributed by atoms with van der Waals surface area (Å²) in [5.74, 6) is 0. The first-order valence-electron chi connectivity index (χ1n) is 7.50. The standard InChI is InChI=1S/C16H36N2/c1-15(2,3)13-17(7)9-11-18(8,12-10-17)14-16(4,5)6/h9-14H2,1-8H3/q+2. The van der Waals surface area contributed by atoms with Gasteiger partial charge in [0.1, 0.15) is 26.2 Å². The molecule has 0 spiro atoms. The number of piperazine rings is 1. The van der Waals surface area contributed by atoms with Crippen molar-refractivity contribution in [1.82, 2.24) is 0 Å². The first-order valence-corrected chi connectivity index (χ1v) is 7.50. The molecule has 0 radical (unpaired) electrons. The van der Waals surface area contributed by atoms with Gasteiger partial charge in [0.15, 0.2) is 0 Å². The quantitative estimate of drug-likeness (QED) is 0.666. The SMILES string of the molecule is CC(C)(C)C[N+]1(C)CC[N+](C)(CC(C)(C)C)CC1. The normalized spacial score (nSPS) is 34.7. The van der Waals surface area contributed by atoms with E-state index < -0.39 is 0 Å². The largest absolute Gasteiger partial charge is 0.316 e. The Morgan fingerprint density at radius 2 is 0.833 bits per heavy atom. The van der Waals surface area contributed by atoms with E-state index in [-0.39, 0.29) is 0 Å². The Morgan fingerprint density at radius 3 is 1.00 bits per heavy atom. The molecule has 0 unspecified atom stereocenters. The minimum absolute atomic E-state index is 0.444. The van der Waals surface area contributed by atoms with Gasteiger partial charge in [-0.15, -0.1) is 0 Å². The summed E-state index contributed by atoms with van der Waals surface area (Å²) in [6, 6.07) is 0. The van der Waals surface area contributed by atoms with E-state index in [4.69, 9.17) is 0 Å². The average molecular weight is 256 g/mol. The van der Waals surface area contributed by atoms with Crippen molar-refractivity contribution in [2.45, 2.75) is 41.5 Å². The van der Waals surface area contributed by atoms with Crippen molar-refractivity contribution in [2.24, 2.45) is 10.8 Å². The van der Waals surface area contributed by atoms with Crippen LogP contribution in [0.15, 0.2) is 0 Å². The van der Waals surface area contributed by atoms with E-state index in [1.165, 1.54) is 48.2 Å². The Bertz CT molecular complexity index is 242. The first kappa shape index (κ1) is 16.0. The third-order valence-electron chi connectivity index (χ3n) is 4.07. The Labute approximate surface area is 115 Å². The maximum atomic E-state index is 2.45. The fraction of sp³-hybridized carbons (Fsp3) is 1.00. The highest BCUT2D eigenvalue weighted by Gasteiger charge is 2.40.